The SMILES string of the molecule is Cc1nn(C)c(N2CCCC(C(C)(C)C)CC2)c1CN. The van der Waals surface area contributed by atoms with Crippen LogP contribution in [0.1, 0.15) is 51.3 Å². The van der Waals surface area contributed by atoms with E-state index in [9.17, 15) is 0 Å². The Labute approximate surface area is 123 Å². The number of hydrogen-bond acceptors (Lipinski definition) is 3. The molecular formula is C16H30N4. The third kappa shape index (κ3) is 3.00. The molecule has 0 aromatic carbocycles. The van der Waals surface area contributed by atoms with E-state index in [1.165, 1.54) is 30.6 Å². The van der Waals surface area contributed by atoms with Crippen LogP contribution in [0.25, 0.3) is 0 Å². The predicted molar refractivity (Wildman–Crippen MR) is 84.8 cm³/mol. The van der Waals surface area contributed by atoms with Crippen LogP contribution in [0, 0.1) is 18.3 Å². The van der Waals surface area contributed by atoms with Crippen molar-refractivity contribution in [1.29, 1.82) is 0 Å². The minimum atomic E-state index is 0.412. The van der Waals surface area contributed by atoms with Crippen LogP contribution in [0.2, 0.25) is 0 Å². The molecule has 1 fully saturated rings. The van der Waals surface area contributed by atoms with Crippen molar-refractivity contribution < 1.29 is 0 Å². The number of anilines is 1. The maximum atomic E-state index is 5.93. The second kappa shape index (κ2) is 5.76. The van der Waals surface area contributed by atoms with Gasteiger partial charge in [0, 0.05) is 32.2 Å². The molecule has 114 valence electrons. The van der Waals surface area contributed by atoms with E-state index < -0.39 is 0 Å². The van der Waals surface area contributed by atoms with Gasteiger partial charge in [0.05, 0.1) is 5.69 Å². The Kier molecular flexibility index (Phi) is 4.43. The van der Waals surface area contributed by atoms with Gasteiger partial charge in [0.25, 0.3) is 0 Å². The van der Waals surface area contributed by atoms with Crippen LogP contribution in [0.4, 0.5) is 5.82 Å². The monoisotopic (exact) mass is 278 g/mol. The molecule has 1 atom stereocenters. The molecule has 2 heterocycles. The second-order valence-electron chi connectivity index (χ2n) is 7.20. The van der Waals surface area contributed by atoms with Gasteiger partial charge in [0.1, 0.15) is 5.82 Å². The smallest absolute Gasteiger partial charge is 0.131 e. The van der Waals surface area contributed by atoms with Gasteiger partial charge >= 0.3 is 0 Å². The Morgan fingerprint density at radius 2 is 1.95 bits per heavy atom. The summed E-state index contributed by atoms with van der Waals surface area (Å²) in [5, 5.41) is 4.55. The van der Waals surface area contributed by atoms with Gasteiger partial charge in [0.15, 0.2) is 0 Å². The number of rotatable bonds is 2. The van der Waals surface area contributed by atoms with Gasteiger partial charge in [-0.25, -0.2) is 0 Å². The van der Waals surface area contributed by atoms with Gasteiger partial charge in [0.2, 0.25) is 0 Å². The molecule has 0 aliphatic carbocycles. The lowest BCUT2D eigenvalue weighted by atomic mass is 9.77. The molecule has 0 spiro atoms. The summed E-state index contributed by atoms with van der Waals surface area (Å²) in [6, 6.07) is 0. The summed E-state index contributed by atoms with van der Waals surface area (Å²) in [6.45, 7) is 12.0. The Morgan fingerprint density at radius 3 is 2.55 bits per heavy atom. The maximum absolute atomic E-state index is 5.93. The topological polar surface area (TPSA) is 47.1 Å². The molecular weight excluding hydrogens is 248 g/mol. The molecule has 0 radical (unpaired) electrons. The zero-order valence-electron chi connectivity index (χ0n) is 13.7. The molecule has 0 amide bonds. The average Bonchev–Trinajstić information content (AvgIpc) is 2.55. The minimum absolute atomic E-state index is 0.412. The van der Waals surface area contributed by atoms with E-state index in [1.807, 2.05) is 11.7 Å². The highest BCUT2D eigenvalue weighted by atomic mass is 15.4. The molecule has 1 aliphatic heterocycles. The number of aromatic nitrogens is 2. The first-order valence-corrected chi connectivity index (χ1v) is 7.82. The Hall–Kier alpha value is -1.03. The van der Waals surface area contributed by atoms with E-state index in [0.717, 1.165) is 24.7 Å². The first-order valence-electron chi connectivity index (χ1n) is 7.82. The highest BCUT2D eigenvalue weighted by Crippen LogP contribution is 2.35. The summed E-state index contributed by atoms with van der Waals surface area (Å²) in [5.41, 5.74) is 8.62. The summed E-state index contributed by atoms with van der Waals surface area (Å²) in [4.78, 5) is 2.49. The van der Waals surface area contributed by atoms with Crippen molar-refractivity contribution in [1.82, 2.24) is 9.78 Å². The molecule has 0 bridgehead atoms. The van der Waals surface area contributed by atoms with E-state index in [0.29, 0.717) is 12.0 Å². The summed E-state index contributed by atoms with van der Waals surface area (Å²) >= 11 is 0. The fraction of sp³-hybridized carbons (Fsp3) is 0.812. The van der Waals surface area contributed by atoms with Crippen molar-refractivity contribution in [2.45, 2.75) is 53.5 Å². The predicted octanol–water partition coefficient (Wildman–Crippen LogP) is 2.84. The zero-order chi connectivity index (χ0) is 14.9. The molecule has 1 aromatic heterocycles. The van der Waals surface area contributed by atoms with Crippen LogP contribution in [0.15, 0.2) is 0 Å². The third-order valence-electron chi connectivity index (χ3n) is 4.77. The fourth-order valence-corrected chi connectivity index (χ4v) is 3.50. The molecule has 2 N–H and O–H groups in total. The van der Waals surface area contributed by atoms with E-state index >= 15 is 0 Å². The number of nitrogens with two attached hydrogens (primary N) is 1. The van der Waals surface area contributed by atoms with Crippen molar-refractivity contribution in [3.8, 4) is 0 Å². The molecule has 1 aromatic rings. The summed E-state index contributed by atoms with van der Waals surface area (Å²) in [6.07, 6.45) is 3.85. The quantitative estimate of drug-likeness (QED) is 0.905. The molecule has 20 heavy (non-hydrogen) atoms. The summed E-state index contributed by atoms with van der Waals surface area (Å²) in [5.74, 6) is 2.04. The number of aryl methyl sites for hydroxylation is 2. The molecule has 2 rings (SSSR count). The molecule has 1 saturated heterocycles. The Balaban J connectivity index is 2.19. The highest BCUT2D eigenvalue weighted by molar-refractivity contribution is 5.50. The van der Waals surface area contributed by atoms with Gasteiger partial charge in [-0.1, -0.05) is 20.8 Å². The maximum Gasteiger partial charge on any atom is 0.131 e. The summed E-state index contributed by atoms with van der Waals surface area (Å²) < 4.78 is 2.01. The number of hydrogen-bond donors (Lipinski definition) is 1. The van der Waals surface area contributed by atoms with Gasteiger partial charge < -0.3 is 10.6 Å². The van der Waals surface area contributed by atoms with Crippen LogP contribution >= 0.6 is 0 Å². The lowest BCUT2D eigenvalue weighted by Gasteiger charge is -2.30. The van der Waals surface area contributed by atoms with Crippen molar-refractivity contribution >= 4 is 5.82 Å². The fourth-order valence-electron chi connectivity index (χ4n) is 3.50. The second-order valence-corrected chi connectivity index (χ2v) is 7.20. The lowest BCUT2D eigenvalue weighted by molar-refractivity contribution is 0.220. The van der Waals surface area contributed by atoms with E-state index in [4.69, 9.17) is 5.73 Å². The van der Waals surface area contributed by atoms with E-state index in [1.54, 1.807) is 0 Å². The van der Waals surface area contributed by atoms with Crippen LogP contribution in [-0.2, 0) is 13.6 Å². The van der Waals surface area contributed by atoms with Crippen LogP contribution in [0.5, 0.6) is 0 Å². The Bertz CT molecular complexity index is 456. The van der Waals surface area contributed by atoms with Gasteiger partial charge in [-0.05, 0) is 37.5 Å². The van der Waals surface area contributed by atoms with Gasteiger partial charge in [-0.15, -0.1) is 0 Å². The summed E-state index contributed by atoms with van der Waals surface area (Å²) in [7, 11) is 2.04. The van der Waals surface area contributed by atoms with E-state index in [-0.39, 0.29) is 0 Å². The molecule has 0 saturated carbocycles. The van der Waals surface area contributed by atoms with E-state index in [2.05, 4.69) is 37.7 Å². The van der Waals surface area contributed by atoms with Crippen molar-refractivity contribution in [3.63, 3.8) is 0 Å². The first-order chi connectivity index (χ1) is 9.34. The van der Waals surface area contributed by atoms with Crippen LogP contribution in [-0.4, -0.2) is 22.9 Å². The number of nitrogens with zero attached hydrogens (tertiary/aromatic N) is 3. The van der Waals surface area contributed by atoms with Crippen LogP contribution < -0.4 is 10.6 Å². The van der Waals surface area contributed by atoms with Crippen molar-refractivity contribution in [3.05, 3.63) is 11.3 Å². The Morgan fingerprint density at radius 1 is 1.25 bits per heavy atom. The minimum Gasteiger partial charge on any atom is -0.357 e. The van der Waals surface area contributed by atoms with Gasteiger partial charge in [-0.3, -0.25) is 4.68 Å². The highest BCUT2D eigenvalue weighted by Gasteiger charge is 2.28. The molecule has 1 unspecified atom stereocenters. The van der Waals surface area contributed by atoms with Crippen LogP contribution in [0.3, 0.4) is 0 Å². The normalized spacial score (nSPS) is 21.1. The average molecular weight is 278 g/mol. The van der Waals surface area contributed by atoms with Crippen molar-refractivity contribution in [2.24, 2.45) is 24.1 Å². The molecule has 4 nitrogen and oxygen atoms in total. The lowest BCUT2D eigenvalue weighted by Crippen LogP contribution is -2.28. The largest absolute Gasteiger partial charge is 0.357 e. The van der Waals surface area contributed by atoms with Crippen molar-refractivity contribution in [2.75, 3.05) is 18.0 Å². The zero-order valence-corrected chi connectivity index (χ0v) is 13.7. The third-order valence-corrected chi connectivity index (χ3v) is 4.77. The van der Waals surface area contributed by atoms with Gasteiger partial charge in [-0.2, -0.15) is 5.10 Å². The first kappa shape index (κ1) is 15.4. The standard InChI is InChI=1S/C16H30N4/c1-12-14(11-17)15(19(5)18-12)20-9-6-7-13(8-10-20)16(2,3)4/h13H,6-11,17H2,1-5H3. The molecule has 4 heteroatoms. The molecule has 1 aliphatic rings.